The molecule has 3 rings (SSSR count). The molecule has 26 heavy (non-hydrogen) atoms. The molecule has 0 bridgehead atoms. The Labute approximate surface area is 151 Å². The van der Waals surface area contributed by atoms with Crippen molar-refractivity contribution in [2.45, 2.75) is 24.3 Å². The lowest BCUT2D eigenvalue weighted by Crippen LogP contribution is -2.33. The van der Waals surface area contributed by atoms with Crippen molar-refractivity contribution >= 4 is 27.1 Å². The SMILES string of the molecule is CC1Cc2ccccc2N1CCNc1cc([N+](=O)[O-])cc(S(N)(=O)=O)c1. The first-order valence-electron chi connectivity index (χ1n) is 8.16. The van der Waals surface area contributed by atoms with E-state index in [4.69, 9.17) is 5.14 Å². The number of nitro groups is 1. The fourth-order valence-corrected chi connectivity index (χ4v) is 3.82. The number of anilines is 2. The molecule has 0 saturated carbocycles. The van der Waals surface area contributed by atoms with Crippen molar-refractivity contribution in [2.75, 3.05) is 23.3 Å². The van der Waals surface area contributed by atoms with Crippen LogP contribution in [0.1, 0.15) is 12.5 Å². The number of nitrogens with two attached hydrogens (primary N) is 1. The minimum Gasteiger partial charge on any atom is -0.383 e. The van der Waals surface area contributed by atoms with Crippen LogP contribution in [0.5, 0.6) is 0 Å². The van der Waals surface area contributed by atoms with Gasteiger partial charge in [-0.2, -0.15) is 0 Å². The number of hydrogen-bond acceptors (Lipinski definition) is 6. The fourth-order valence-electron chi connectivity index (χ4n) is 3.25. The number of hydrogen-bond donors (Lipinski definition) is 2. The van der Waals surface area contributed by atoms with Crippen molar-refractivity contribution in [2.24, 2.45) is 5.14 Å². The molecule has 0 spiro atoms. The first kappa shape index (κ1) is 18.2. The summed E-state index contributed by atoms with van der Waals surface area (Å²) in [4.78, 5) is 12.4. The van der Waals surface area contributed by atoms with Gasteiger partial charge in [0.1, 0.15) is 0 Å². The van der Waals surface area contributed by atoms with E-state index in [1.54, 1.807) is 0 Å². The van der Waals surface area contributed by atoms with Gasteiger partial charge in [-0.15, -0.1) is 0 Å². The number of benzene rings is 2. The quantitative estimate of drug-likeness (QED) is 0.589. The Bertz CT molecular complexity index is 946. The van der Waals surface area contributed by atoms with Gasteiger partial charge in [-0.25, -0.2) is 13.6 Å². The van der Waals surface area contributed by atoms with Crippen LogP contribution in [0, 0.1) is 10.1 Å². The summed E-state index contributed by atoms with van der Waals surface area (Å²) in [7, 11) is -4.03. The Balaban J connectivity index is 1.74. The van der Waals surface area contributed by atoms with Gasteiger partial charge in [0.05, 0.1) is 9.82 Å². The third-order valence-corrected chi connectivity index (χ3v) is 5.35. The van der Waals surface area contributed by atoms with Crippen LogP contribution in [0.2, 0.25) is 0 Å². The van der Waals surface area contributed by atoms with Gasteiger partial charge >= 0.3 is 0 Å². The predicted molar refractivity (Wildman–Crippen MR) is 99.9 cm³/mol. The van der Waals surface area contributed by atoms with Gasteiger partial charge in [-0.05, 0) is 31.0 Å². The number of fused-ring (bicyclic) bond motifs is 1. The number of nitrogens with one attached hydrogen (secondary N) is 1. The summed E-state index contributed by atoms with van der Waals surface area (Å²) < 4.78 is 23.1. The zero-order chi connectivity index (χ0) is 18.9. The molecular formula is C17H20N4O4S. The molecule has 1 aliphatic rings. The van der Waals surface area contributed by atoms with E-state index in [2.05, 4.69) is 29.3 Å². The first-order valence-corrected chi connectivity index (χ1v) is 9.71. The molecule has 0 saturated heterocycles. The number of primary sulfonamides is 1. The number of para-hydroxylation sites is 1. The molecule has 0 radical (unpaired) electrons. The molecule has 9 heteroatoms. The molecule has 1 aliphatic heterocycles. The number of sulfonamides is 1. The number of non-ortho nitro benzene ring substituents is 1. The van der Waals surface area contributed by atoms with Crippen LogP contribution in [0.3, 0.4) is 0 Å². The number of nitrogens with zero attached hydrogens (tertiary/aromatic N) is 2. The van der Waals surface area contributed by atoms with E-state index in [0.29, 0.717) is 24.8 Å². The molecule has 0 fully saturated rings. The highest BCUT2D eigenvalue weighted by atomic mass is 32.2. The van der Waals surface area contributed by atoms with Crippen LogP contribution in [0.25, 0.3) is 0 Å². The van der Waals surface area contributed by atoms with Crippen molar-refractivity contribution in [3.05, 3.63) is 58.1 Å². The maximum atomic E-state index is 11.5. The van der Waals surface area contributed by atoms with Crippen molar-refractivity contribution in [3.63, 3.8) is 0 Å². The Morgan fingerprint density at radius 3 is 2.73 bits per heavy atom. The highest BCUT2D eigenvalue weighted by molar-refractivity contribution is 7.89. The van der Waals surface area contributed by atoms with Crippen LogP contribution in [0.4, 0.5) is 17.1 Å². The molecule has 1 atom stereocenters. The average Bonchev–Trinajstić information content (AvgIpc) is 2.89. The molecule has 2 aromatic rings. The van der Waals surface area contributed by atoms with E-state index in [9.17, 15) is 18.5 Å². The van der Waals surface area contributed by atoms with E-state index in [1.807, 2.05) is 12.1 Å². The third kappa shape index (κ3) is 3.78. The molecule has 2 aromatic carbocycles. The Hall–Kier alpha value is -2.65. The van der Waals surface area contributed by atoms with Crippen LogP contribution in [-0.4, -0.2) is 32.5 Å². The number of rotatable bonds is 6. The van der Waals surface area contributed by atoms with E-state index in [1.165, 1.54) is 23.4 Å². The summed E-state index contributed by atoms with van der Waals surface area (Å²) in [6, 6.07) is 12.1. The van der Waals surface area contributed by atoms with Gasteiger partial charge in [0, 0.05) is 42.6 Å². The van der Waals surface area contributed by atoms with Gasteiger partial charge in [0.2, 0.25) is 10.0 Å². The fraction of sp³-hybridized carbons (Fsp3) is 0.294. The van der Waals surface area contributed by atoms with Gasteiger partial charge in [-0.3, -0.25) is 10.1 Å². The first-order chi connectivity index (χ1) is 12.3. The van der Waals surface area contributed by atoms with Crippen molar-refractivity contribution in [1.29, 1.82) is 0 Å². The van der Waals surface area contributed by atoms with Crippen molar-refractivity contribution in [1.82, 2.24) is 0 Å². The lowest BCUT2D eigenvalue weighted by atomic mass is 10.1. The maximum Gasteiger partial charge on any atom is 0.272 e. The van der Waals surface area contributed by atoms with E-state index >= 15 is 0 Å². The Morgan fingerprint density at radius 2 is 2.04 bits per heavy atom. The summed E-state index contributed by atoms with van der Waals surface area (Å²) in [5, 5.41) is 19.2. The zero-order valence-electron chi connectivity index (χ0n) is 14.3. The Morgan fingerprint density at radius 1 is 1.31 bits per heavy atom. The topological polar surface area (TPSA) is 119 Å². The summed E-state index contributed by atoms with van der Waals surface area (Å²) >= 11 is 0. The molecule has 0 aliphatic carbocycles. The second-order valence-electron chi connectivity index (χ2n) is 6.32. The smallest absolute Gasteiger partial charge is 0.272 e. The van der Waals surface area contributed by atoms with Crippen molar-refractivity contribution < 1.29 is 13.3 Å². The van der Waals surface area contributed by atoms with Gasteiger partial charge in [-0.1, -0.05) is 18.2 Å². The van der Waals surface area contributed by atoms with Crippen molar-refractivity contribution in [3.8, 4) is 0 Å². The summed E-state index contributed by atoms with van der Waals surface area (Å²) in [5.41, 5.74) is 2.51. The van der Waals surface area contributed by atoms with E-state index < -0.39 is 14.9 Å². The summed E-state index contributed by atoms with van der Waals surface area (Å²) in [5.74, 6) is 0. The summed E-state index contributed by atoms with van der Waals surface area (Å²) in [6.45, 7) is 3.34. The zero-order valence-corrected chi connectivity index (χ0v) is 15.1. The van der Waals surface area contributed by atoms with Crippen LogP contribution >= 0.6 is 0 Å². The minimum atomic E-state index is -4.03. The van der Waals surface area contributed by atoms with Gasteiger partial charge in [0.25, 0.3) is 5.69 Å². The van der Waals surface area contributed by atoms with E-state index in [-0.39, 0.29) is 10.6 Å². The molecular weight excluding hydrogens is 356 g/mol. The minimum absolute atomic E-state index is 0.283. The normalized spacial score (nSPS) is 16.4. The third-order valence-electron chi connectivity index (χ3n) is 4.46. The van der Waals surface area contributed by atoms with Crippen LogP contribution < -0.4 is 15.4 Å². The molecule has 8 nitrogen and oxygen atoms in total. The predicted octanol–water partition coefficient (Wildman–Crippen LogP) is 2.11. The second kappa shape index (κ2) is 6.93. The molecule has 0 amide bonds. The number of nitro benzene ring substituents is 1. The van der Waals surface area contributed by atoms with Gasteiger partial charge < -0.3 is 10.2 Å². The van der Waals surface area contributed by atoms with Crippen LogP contribution in [0.15, 0.2) is 47.4 Å². The van der Waals surface area contributed by atoms with E-state index in [0.717, 1.165) is 12.5 Å². The standard InChI is InChI=1S/C17H20N4O4S/c1-12-8-13-4-2-3-5-17(13)20(12)7-6-19-14-9-15(21(22)23)11-16(10-14)26(18,24)25/h2-5,9-12,19H,6-8H2,1H3,(H2,18,24,25). The second-order valence-corrected chi connectivity index (χ2v) is 7.88. The lowest BCUT2D eigenvalue weighted by molar-refractivity contribution is -0.385. The molecule has 3 N–H and O–H groups in total. The molecule has 1 unspecified atom stereocenters. The lowest BCUT2D eigenvalue weighted by Gasteiger charge is -2.25. The molecule has 1 heterocycles. The Kier molecular flexibility index (Phi) is 4.84. The maximum absolute atomic E-state index is 11.5. The monoisotopic (exact) mass is 376 g/mol. The highest BCUT2D eigenvalue weighted by Gasteiger charge is 2.24. The van der Waals surface area contributed by atoms with Gasteiger partial charge in [0.15, 0.2) is 0 Å². The summed E-state index contributed by atoms with van der Waals surface area (Å²) in [6.07, 6.45) is 0.975. The van der Waals surface area contributed by atoms with Crippen LogP contribution in [-0.2, 0) is 16.4 Å². The largest absolute Gasteiger partial charge is 0.383 e. The average molecular weight is 376 g/mol. The highest BCUT2D eigenvalue weighted by Crippen LogP contribution is 2.31. The molecule has 0 aromatic heterocycles. The molecule has 138 valence electrons.